The lowest BCUT2D eigenvalue weighted by atomic mass is 10.0. The standard InChI is InChI=1S/C14H26F2N2O3/c1-13(2,3)21-12(19)18-10-14(15,16)9-17-8-11-4-6-20-7-5-11/h11,17H,4-10H2,1-3H3,(H,18,19). The van der Waals surface area contributed by atoms with Crippen LogP contribution in [0.4, 0.5) is 13.6 Å². The fraction of sp³-hybridized carbons (Fsp3) is 0.929. The summed E-state index contributed by atoms with van der Waals surface area (Å²) in [7, 11) is 0. The Morgan fingerprint density at radius 1 is 1.24 bits per heavy atom. The topological polar surface area (TPSA) is 59.6 Å². The number of hydrogen-bond donors (Lipinski definition) is 2. The maximum Gasteiger partial charge on any atom is 0.407 e. The molecule has 0 bridgehead atoms. The van der Waals surface area contributed by atoms with E-state index in [0.717, 1.165) is 12.8 Å². The molecule has 1 aliphatic heterocycles. The number of hydrogen-bond acceptors (Lipinski definition) is 4. The molecular weight excluding hydrogens is 282 g/mol. The minimum atomic E-state index is -3.00. The Hall–Kier alpha value is -0.950. The van der Waals surface area contributed by atoms with Gasteiger partial charge in [0.05, 0.1) is 13.1 Å². The fourth-order valence-corrected chi connectivity index (χ4v) is 1.99. The summed E-state index contributed by atoms with van der Waals surface area (Å²) in [6, 6.07) is 0. The first kappa shape index (κ1) is 18.1. The Morgan fingerprint density at radius 2 is 1.86 bits per heavy atom. The van der Waals surface area contributed by atoms with Crippen LogP contribution in [0.15, 0.2) is 0 Å². The van der Waals surface area contributed by atoms with Gasteiger partial charge in [-0.2, -0.15) is 0 Å². The average molecular weight is 308 g/mol. The number of carbonyl (C=O) groups excluding carboxylic acids is 1. The van der Waals surface area contributed by atoms with E-state index in [0.29, 0.717) is 25.7 Å². The molecule has 0 aliphatic carbocycles. The summed E-state index contributed by atoms with van der Waals surface area (Å²) in [4.78, 5) is 11.3. The van der Waals surface area contributed by atoms with Crippen LogP contribution in [0.25, 0.3) is 0 Å². The van der Waals surface area contributed by atoms with Crippen molar-refractivity contribution >= 4 is 6.09 Å². The van der Waals surface area contributed by atoms with Gasteiger partial charge in [-0.15, -0.1) is 0 Å². The predicted octanol–water partition coefficient (Wildman–Crippen LogP) is 2.16. The number of rotatable bonds is 6. The minimum absolute atomic E-state index is 0.383. The maximum atomic E-state index is 13.6. The zero-order valence-electron chi connectivity index (χ0n) is 13.0. The Labute approximate surface area is 124 Å². The SMILES string of the molecule is CC(C)(C)OC(=O)NCC(F)(F)CNCC1CCOCC1. The van der Waals surface area contributed by atoms with E-state index in [1.807, 2.05) is 0 Å². The molecule has 5 nitrogen and oxygen atoms in total. The molecule has 7 heteroatoms. The number of nitrogens with one attached hydrogen (secondary N) is 2. The molecule has 0 unspecified atom stereocenters. The lowest BCUT2D eigenvalue weighted by molar-refractivity contribution is -0.00562. The lowest BCUT2D eigenvalue weighted by Crippen LogP contribution is -2.45. The second kappa shape index (κ2) is 7.89. The number of ether oxygens (including phenoxy) is 2. The summed E-state index contributed by atoms with van der Waals surface area (Å²) in [6.45, 7) is 5.79. The summed E-state index contributed by atoms with van der Waals surface area (Å²) in [5.74, 6) is -2.62. The van der Waals surface area contributed by atoms with Gasteiger partial charge in [-0.1, -0.05) is 0 Å². The van der Waals surface area contributed by atoms with Gasteiger partial charge in [-0.25, -0.2) is 13.6 Å². The van der Waals surface area contributed by atoms with Crippen molar-refractivity contribution in [3.63, 3.8) is 0 Å². The van der Waals surface area contributed by atoms with Crippen LogP contribution >= 0.6 is 0 Å². The van der Waals surface area contributed by atoms with Crippen molar-refractivity contribution in [2.24, 2.45) is 5.92 Å². The summed E-state index contributed by atoms with van der Waals surface area (Å²) in [5, 5.41) is 4.87. The Kier molecular flexibility index (Phi) is 6.80. The van der Waals surface area contributed by atoms with Gasteiger partial charge in [-0.3, -0.25) is 0 Å². The average Bonchev–Trinajstić information content (AvgIpc) is 2.36. The lowest BCUT2D eigenvalue weighted by Gasteiger charge is -2.24. The third-order valence-corrected chi connectivity index (χ3v) is 3.05. The van der Waals surface area contributed by atoms with Crippen LogP contribution in [-0.4, -0.2) is 50.5 Å². The van der Waals surface area contributed by atoms with Crippen LogP contribution in [0.1, 0.15) is 33.6 Å². The molecular formula is C14H26F2N2O3. The first-order valence-electron chi connectivity index (χ1n) is 7.31. The zero-order valence-corrected chi connectivity index (χ0v) is 13.0. The normalized spacial score (nSPS) is 17.6. The molecule has 0 aromatic heterocycles. The largest absolute Gasteiger partial charge is 0.444 e. The van der Waals surface area contributed by atoms with Gasteiger partial charge in [0, 0.05) is 13.2 Å². The molecule has 0 saturated carbocycles. The highest BCUT2D eigenvalue weighted by Crippen LogP contribution is 2.15. The first-order valence-corrected chi connectivity index (χ1v) is 7.31. The summed E-state index contributed by atoms with van der Waals surface area (Å²) >= 11 is 0. The Bertz CT molecular complexity index is 327. The van der Waals surface area contributed by atoms with Crippen LogP contribution in [0.2, 0.25) is 0 Å². The van der Waals surface area contributed by atoms with Crippen molar-refractivity contribution in [1.29, 1.82) is 0 Å². The van der Waals surface area contributed by atoms with E-state index >= 15 is 0 Å². The fourth-order valence-electron chi connectivity index (χ4n) is 1.99. The zero-order chi connectivity index (χ0) is 15.9. The van der Waals surface area contributed by atoms with Gasteiger partial charge < -0.3 is 20.1 Å². The highest BCUT2D eigenvalue weighted by Gasteiger charge is 2.30. The van der Waals surface area contributed by atoms with Crippen molar-refractivity contribution in [3.8, 4) is 0 Å². The molecule has 0 atom stereocenters. The molecule has 1 heterocycles. The van der Waals surface area contributed by atoms with Crippen molar-refractivity contribution in [2.45, 2.75) is 45.1 Å². The molecule has 1 saturated heterocycles. The van der Waals surface area contributed by atoms with Crippen molar-refractivity contribution in [1.82, 2.24) is 10.6 Å². The number of carbonyl (C=O) groups is 1. The quantitative estimate of drug-likeness (QED) is 0.789. The second-order valence-corrected chi connectivity index (χ2v) is 6.40. The molecule has 1 fully saturated rings. The Morgan fingerprint density at radius 3 is 2.43 bits per heavy atom. The van der Waals surface area contributed by atoms with E-state index in [1.165, 1.54) is 0 Å². The van der Waals surface area contributed by atoms with E-state index in [4.69, 9.17) is 9.47 Å². The van der Waals surface area contributed by atoms with Gasteiger partial charge >= 0.3 is 6.09 Å². The van der Waals surface area contributed by atoms with E-state index in [2.05, 4.69) is 10.6 Å². The van der Waals surface area contributed by atoms with Gasteiger partial charge in [-0.05, 0) is 46.1 Å². The molecule has 0 radical (unpaired) electrons. The van der Waals surface area contributed by atoms with Crippen LogP contribution < -0.4 is 10.6 Å². The van der Waals surface area contributed by atoms with Crippen molar-refractivity contribution in [2.75, 3.05) is 32.8 Å². The molecule has 0 aromatic carbocycles. The number of alkyl halides is 2. The van der Waals surface area contributed by atoms with Crippen molar-refractivity contribution < 1.29 is 23.0 Å². The molecule has 124 valence electrons. The molecule has 1 aliphatic rings. The number of alkyl carbamates (subject to hydrolysis) is 1. The smallest absolute Gasteiger partial charge is 0.407 e. The highest BCUT2D eigenvalue weighted by atomic mass is 19.3. The molecule has 0 spiro atoms. The molecule has 1 amide bonds. The van der Waals surface area contributed by atoms with Crippen LogP contribution in [0.5, 0.6) is 0 Å². The molecule has 2 N–H and O–H groups in total. The Balaban J connectivity index is 2.18. The summed E-state index contributed by atoms with van der Waals surface area (Å²) < 4.78 is 37.4. The van der Waals surface area contributed by atoms with Gasteiger partial charge in [0.25, 0.3) is 5.92 Å². The number of halogens is 2. The third kappa shape index (κ3) is 8.83. The second-order valence-electron chi connectivity index (χ2n) is 6.40. The summed E-state index contributed by atoms with van der Waals surface area (Å²) in [5.41, 5.74) is -0.694. The van der Waals surface area contributed by atoms with Gasteiger partial charge in [0.1, 0.15) is 5.60 Å². The van der Waals surface area contributed by atoms with Gasteiger partial charge in [0.2, 0.25) is 0 Å². The molecule has 1 rings (SSSR count). The van der Waals surface area contributed by atoms with Crippen LogP contribution in [0, 0.1) is 5.92 Å². The molecule has 21 heavy (non-hydrogen) atoms. The third-order valence-electron chi connectivity index (χ3n) is 3.05. The highest BCUT2D eigenvalue weighted by molar-refractivity contribution is 5.67. The number of amides is 1. The predicted molar refractivity (Wildman–Crippen MR) is 75.6 cm³/mol. The van der Waals surface area contributed by atoms with E-state index in [1.54, 1.807) is 20.8 Å². The monoisotopic (exact) mass is 308 g/mol. The molecule has 0 aromatic rings. The van der Waals surface area contributed by atoms with E-state index < -0.39 is 30.7 Å². The minimum Gasteiger partial charge on any atom is -0.444 e. The van der Waals surface area contributed by atoms with Crippen LogP contribution in [0.3, 0.4) is 0 Å². The van der Waals surface area contributed by atoms with Crippen molar-refractivity contribution in [3.05, 3.63) is 0 Å². The maximum absolute atomic E-state index is 13.6. The first-order chi connectivity index (χ1) is 9.68. The van der Waals surface area contributed by atoms with E-state index in [9.17, 15) is 13.6 Å². The van der Waals surface area contributed by atoms with Crippen LogP contribution in [-0.2, 0) is 9.47 Å². The van der Waals surface area contributed by atoms with E-state index in [-0.39, 0.29) is 0 Å². The summed E-state index contributed by atoms with van der Waals surface area (Å²) in [6.07, 6.45) is 0.968. The van der Waals surface area contributed by atoms with Gasteiger partial charge in [0.15, 0.2) is 0 Å².